The van der Waals surface area contributed by atoms with Gasteiger partial charge in [-0.3, -0.25) is 4.79 Å². The van der Waals surface area contributed by atoms with Crippen LogP contribution < -0.4 is 15.8 Å². The molecule has 1 amide bonds. The minimum Gasteiger partial charge on any atom is -0.504 e. The maximum absolute atomic E-state index is 12.0. The lowest BCUT2D eigenvalue weighted by Crippen LogP contribution is -2.26. The van der Waals surface area contributed by atoms with Crippen molar-refractivity contribution in [2.24, 2.45) is 5.73 Å². The molecule has 0 unspecified atom stereocenters. The van der Waals surface area contributed by atoms with Crippen molar-refractivity contribution in [3.63, 3.8) is 0 Å². The molecule has 5 nitrogen and oxygen atoms in total. The number of nitrogens with one attached hydrogen (secondary N) is 1. The predicted molar refractivity (Wildman–Crippen MR) is 98.7 cm³/mol. The standard InChI is InChI=1S/C20H26N2O3/c21-11-13-25-19-10-9-17(14-18(19)23)15-20(24)22-12-5-4-8-16-6-2-1-3-7-16/h1-3,6-7,9-10,14,23H,4-5,8,11-13,15,21H2,(H,22,24). The van der Waals surface area contributed by atoms with E-state index in [-0.39, 0.29) is 18.1 Å². The number of hydrogen-bond acceptors (Lipinski definition) is 4. The van der Waals surface area contributed by atoms with Crippen LogP contribution in [-0.2, 0) is 17.6 Å². The van der Waals surface area contributed by atoms with Crippen LogP contribution in [0, 0.1) is 0 Å². The number of rotatable bonds is 10. The number of carbonyl (C=O) groups excluding carboxylic acids is 1. The zero-order chi connectivity index (χ0) is 17.9. The number of aromatic hydroxyl groups is 1. The fourth-order valence-electron chi connectivity index (χ4n) is 2.54. The first-order chi connectivity index (χ1) is 12.2. The highest BCUT2D eigenvalue weighted by Crippen LogP contribution is 2.26. The fourth-order valence-corrected chi connectivity index (χ4v) is 2.54. The van der Waals surface area contributed by atoms with Crippen molar-refractivity contribution in [1.29, 1.82) is 0 Å². The summed E-state index contributed by atoms with van der Waals surface area (Å²) in [5, 5.41) is 12.8. The van der Waals surface area contributed by atoms with Gasteiger partial charge in [0.15, 0.2) is 11.5 Å². The molecule has 0 bridgehead atoms. The molecule has 5 heteroatoms. The second kappa shape index (κ2) is 10.4. The molecule has 25 heavy (non-hydrogen) atoms. The number of aryl methyl sites for hydroxylation is 1. The first-order valence-corrected chi connectivity index (χ1v) is 8.64. The van der Waals surface area contributed by atoms with Crippen LogP contribution in [-0.4, -0.2) is 30.7 Å². The van der Waals surface area contributed by atoms with E-state index in [9.17, 15) is 9.90 Å². The van der Waals surface area contributed by atoms with Crippen molar-refractivity contribution in [2.45, 2.75) is 25.7 Å². The highest BCUT2D eigenvalue weighted by Gasteiger charge is 2.07. The van der Waals surface area contributed by atoms with Gasteiger partial charge in [0.05, 0.1) is 6.42 Å². The lowest BCUT2D eigenvalue weighted by molar-refractivity contribution is -0.120. The molecule has 0 atom stereocenters. The van der Waals surface area contributed by atoms with E-state index in [0.29, 0.717) is 25.4 Å². The van der Waals surface area contributed by atoms with E-state index in [1.807, 2.05) is 18.2 Å². The summed E-state index contributed by atoms with van der Waals surface area (Å²) in [5.74, 6) is 0.367. The Morgan fingerprint density at radius 3 is 2.60 bits per heavy atom. The molecule has 0 aliphatic heterocycles. The number of phenolic OH excluding ortho intramolecular Hbond substituents is 1. The lowest BCUT2D eigenvalue weighted by atomic mass is 10.1. The molecule has 0 saturated heterocycles. The summed E-state index contributed by atoms with van der Waals surface area (Å²) in [6.45, 7) is 1.39. The van der Waals surface area contributed by atoms with Crippen molar-refractivity contribution < 1.29 is 14.6 Å². The Hall–Kier alpha value is -2.53. The molecule has 0 spiro atoms. The number of phenols is 1. The van der Waals surface area contributed by atoms with Crippen LogP contribution in [0.5, 0.6) is 11.5 Å². The summed E-state index contributed by atoms with van der Waals surface area (Å²) in [5.41, 5.74) is 7.43. The van der Waals surface area contributed by atoms with Crippen LogP contribution >= 0.6 is 0 Å². The molecule has 134 valence electrons. The highest BCUT2D eigenvalue weighted by atomic mass is 16.5. The van der Waals surface area contributed by atoms with Crippen LogP contribution in [0.25, 0.3) is 0 Å². The van der Waals surface area contributed by atoms with Crippen molar-refractivity contribution in [3.05, 3.63) is 59.7 Å². The van der Waals surface area contributed by atoms with Gasteiger partial charge in [0, 0.05) is 13.1 Å². The monoisotopic (exact) mass is 342 g/mol. The molecule has 0 radical (unpaired) electrons. The normalized spacial score (nSPS) is 10.4. The molecule has 0 aliphatic carbocycles. The van der Waals surface area contributed by atoms with Gasteiger partial charge >= 0.3 is 0 Å². The zero-order valence-corrected chi connectivity index (χ0v) is 14.4. The first-order valence-electron chi connectivity index (χ1n) is 8.64. The largest absolute Gasteiger partial charge is 0.504 e. The van der Waals surface area contributed by atoms with Crippen LogP contribution in [0.15, 0.2) is 48.5 Å². The average Bonchev–Trinajstić information content (AvgIpc) is 2.61. The Labute approximate surface area is 148 Å². The molecule has 4 N–H and O–H groups in total. The number of unbranched alkanes of at least 4 members (excludes halogenated alkanes) is 1. The van der Waals surface area contributed by atoms with Gasteiger partial charge in [-0.2, -0.15) is 0 Å². The molecular weight excluding hydrogens is 316 g/mol. The van der Waals surface area contributed by atoms with Gasteiger partial charge in [-0.15, -0.1) is 0 Å². The van der Waals surface area contributed by atoms with Gasteiger partial charge in [-0.05, 0) is 42.5 Å². The van der Waals surface area contributed by atoms with Crippen LogP contribution in [0.4, 0.5) is 0 Å². The summed E-state index contributed by atoms with van der Waals surface area (Å²) in [6, 6.07) is 15.3. The number of ether oxygens (including phenoxy) is 1. The van der Waals surface area contributed by atoms with Crippen LogP contribution in [0.1, 0.15) is 24.0 Å². The second-order valence-electron chi connectivity index (χ2n) is 5.91. The maximum atomic E-state index is 12.0. The Balaban J connectivity index is 1.67. The third-order valence-electron chi connectivity index (χ3n) is 3.82. The zero-order valence-electron chi connectivity index (χ0n) is 14.4. The molecule has 0 aliphatic rings. The average molecular weight is 342 g/mol. The van der Waals surface area contributed by atoms with Gasteiger partial charge in [-0.25, -0.2) is 0 Å². The number of amides is 1. The van der Waals surface area contributed by atoms with Gasteiger partial charge < -0.3 is 20.9 Å². The maximum Gasteiger partial charge on any atom is 0.224 e. The predicted octanol–water partition coefficient (Wildman–Crippen LogP) is 2.41. The van der Waals surface area contributed by atoms with Gasteiger partial charge in [0.1, 0.15) is 6.61 Å². The van der Waals surface area contributed by atoms with E-state index in [2.05, 4.69) is 17.4 Å². The number of hydrogen-bond donors (Lipinski definition) is 3. The lowest BCUT2D eigenvalue weighted by Gasteiger charge is -2.09. The number of carbonyl (C=O) groups is 1. The van der Waals surface area contributed by atoms with Crippen molar-refractivity contribution in [1.82, 2.24) is 5.32 Å². The van der Waals surface area contributed by atoms with Crippen LogP contribution in [0.3, 0.4) is 0 Å². The molecular formula is C20H26N2O3. The van der Waals surface area contributed by atoms with E-state index in [1.54, 1.807) is 18.2 Å². The Kier molecular flexibility index (Phi) is 7.79. The van der Waals surface area contributed by atoms with Gasteiger partial charge in [-0.1, -0.05) is 36.4 Å². The van der Waals surface area contributed by atoms with Crippen molar-refractivity contribution in [2.75, 3.05) is 19.7 Å². The Morgan fingerprint density at radius 2 is 1.88 bits per heavy atom. The quantitative estimate of drug-likeness (QED) is 0.579. The third kappa shape index (κ3) is 6.85. The minimum absolute atomic E-state index is 0.0293. The minimum atomic E-state index is -0.0465. The molecule has 0 heterocycles. The van der Waals surface area contributed by atoms with Crippen LogP contribution in [0.2, 0.25) is 0 Å². The Morgan fingerprint density at radius 1 is 1.08 bits per heavy atom. The fraction of sp³-hybridized carbons (Fsp3) is 0.350. The summed E-state index contributed by atoms with van der Waals surface area (Å²) >= 11 is 0. The molecule has 0 fully saturated rings. The van der Waals surface area contributed by atoms with E-state index < -0.39 is 0 Å². The number of benzene rings is 2. The van der Waals surface area contributed by atoms with E-state index in [0.717, 1.165) is 24.8 Å². The van der Waals surface area contributed by atoms with E-state index in [1.165, 1.54) is 5.56 Å². The highest BCUT2D eigenvalue weighted by molar-refractivity contribution is 5.78. The first kappa shape index (κ1) is 18.8. The molecule has 2 rings (SSSR count). The SMILES string of the molecule is NCCOc1ccc(CC(=O)NCCCCc2ccccc2)cc1O. The number of nitrogens with two attached hydrogens (primary N) is 1. The van der Waals surface area contributed by atoms with E-state index >= 15 is 0 Å². The molecule has 2 aromatic rings. The van der Waals surface area contributed by atoms with Crippen molar-refractivity contribution in [3.8, 4) is 11.5 Å². The van der Waals surface area contributed by atoms with Gasteiger partial charge in [0.25, 0.3) is 0 Å². The Bertz CT molecular complexity index is 659. The third-order valence-corrected chi connectivity index (χ3v) is 3.82. The molecule has 0 aromatic heterocycles. The molecule has 0 saturated carbocycles. The van der Waals surface area contributed by atoms with Gasteiger partial charge in [0.2, 0.25) is 5.91 Å². The summed E-state index contributed by atoms with van der Waals surface area (Å²) < 4.78 is 5.30. The smallest absolute Gasteiger partial charge is 0.224 e. The summed E-state index contributed by atoms with van der Waals surface area (Å²) in [4.78, 5) is 12.0. The molecule has 2 aromatic carbocycles. The summed E-state index contributed by atoms with van der Waals surface area (Å²) in [6.07, 6.45) is 3.24. The van der Waals surface area contributed by atoms with E-state index in [4.69, 9.17) is 10.5 Å². The second-order valence-corrected chi connectivity index (χ2v) is 5.91. The summed E-state index contributed by atoms with van der Waals surface area (Å²) in [7, 11) is 0. The van der Waals surface area contributed by atoms with Crippen molar-refractivity contribution >= 4 is 5.91 Å². The topological polar surface area (TPSA) is 84.6 Å².